The van der Waals surface area contributed by atoms with Crippen LogP contribution in [0, 0.1) is 0 Å². The van der Waals surface area contributed by atoms with Gasteiger partial charge in [-0.25, -0.2) is 0 Å². The Bertz CT molecular complexity index is 746. The quantitative estimate of drug-likeness (QED) is 0.765. The minimum absolute atomic E-state index is 0.0909. The van der Waals surface area contributed by atoms with Gasteiger partial charge in [-0.1, -0.05) is 30.3 Å². The second-order valence-corrected chi connectivity index (χ2v) is 5.10. The fourth-order valence-corrected chi connectivity index (χ4v) is 2.83. The summed E-state index contributed by atoms with van der Waals surface area (Å²) in [6, 6.07) is 15.7. The van der Waals surface area contributed by atoms with E-state index in [1.807, 2.05) is 31.3 Å². The van der Waals surface area contributed by atoms with Crippen LogP contribution in [0.25, 0.3) is 10.9 Å². The van der Waals surface area contributed by atoms with Crippen LogP contribution in [0.3, 0.4) is 0 Å². The van der Waals surface area contributed by atoms with Gasteiger partial charge < -0.3 is 15.4 Å². The summed E-state index contributed by atoms with van der Waals surface area (Å²) in [5.74, 6) is 0.370. The van der Waals surface area contributed by atoms with Crippen molar-refractivity contribution in [3.63, 3.8) is 0 Å². The van der Waals surface area contributed by atoms with Gasteiger partial charge in [0.25, 0.3) is 0 Å². The van der Waals surface area contributed by atoms with E-state index in [0.29, 0.717) is 6.54 Å². The smallest absolute Gasteiger partial charge is 0.115 e. The lowest BCUT2D eigenvalue weighted by Gasteiger charge is -2.15. The lowest BCUT2D eigenvalue weighted by molar-refractivity contribution is 0.474. The maximum absolute atomic E-state index is 9.68. The second kappa shape index (κ2) is 5.02. The Morgan fingerprint density at radius 2 is 1.95 bits per heavy atom. The third-order valence-electron chi connectivity index (χ3n) is 3.81. The summed E-state index contributed by atoms with van der Waals surface area (Å²) in [6.07, 6.45) is 2.13. The molecule has 1 unspecified atom stereocenters. The number of hydrogen-bond donors (Lipinski definition) is 2. The van der Waals surface area contributed by atoms with Crippen molar-refractivity contribution in [2.75, 3.05) is 6.54 Å². The van der Waals surface area contributed by atoms with Crippen molar-refractivity contribution in [3.05, 3.63) is 65.9 Å². The number of aryl methyl sites for hydroxylation is 1. The fourth-order valence-electron chi connectivity index (χ4n) is 2.83. The average molecular weight is 266 g/mol. The van der Waals surface area contributed by atoms with Crippen LogP contribution >= 0.6 is 0 Å². The Kier molecular flexibility index (Phi) is 3.20. The van der Waals surface area contributed by atoms with Crippen LogP contribution in [0.4, 0.5) is 0 Å². The van der Waals surface area contributed by atoms with Crippen LogP contribution in [0.2, 0.25) is 0 Å². The van der Waals surface area contributed by atoms with Crippen molar-refractivity contribution < 1.29 is 5.11 Å². The first kappa shape index (κ1) is 12.8. The molecule has 1 heterocycles. The normalized spacial score (nSPS) is 12.7. The number of phenolic OH excluding ortho intramolecular Hbond substituents is 1. The van der Waals surface area contributed by atoms with E-state index in [1.165, 1.54) is 16.5 Å². The zero-order chi connectivity index (χ0) is 14.1. The Morgan fingerprint density at radius 3 is 2.70 bits per heavy atom. The molecule has 0 aliphatic carbocycles. The van der Waals surface area contributed by atoms with Gasteiger partial charge in [-0.3, -0.25) is 0 Å². The largest absolute Gasteiger partial charge is 0.508 e. The predicted molar refractivity (Wildman–Crippen MR) is 81.9 cm³/mol. The fraction of sp³-hybridized carbons (Fsp3) is 0.176. The lowest BCUT2D eigenvalue weighted by Crippen LogP contribution is -2.13. The molecule has 102 valence electrons. The van der Waals surface area contributed by atoms with Gasteiger partial charge in [-0.05, 0) is 29.3 Å². The van der Waals surface area contributed by atoms with Crippen molar-refractivity contribution >= 4 is 10.9 Å². The molecule has 0 fully saturated rings. The SMILES string of the molecule is Cn1cc(C(CN)c2cccc(O)c2)c2ccccc21. The molecule has 3 N–H and O–H groups in total. The topological polar surface area (TPSA) is 51.2 Å². The molecular formula is C17H18N2O. The Hall–Kier alpha value is -2.26. The van der Waals surface area contributed by atoms with E-state index in [4.69, 9.17) is 5.73 Å². The molecule has 0 amide bonds. The van der Waals surface area contributed by atoms with E-state index in [1.54, 1.807) is 12.1 Å². The first-order chi connectivity index (χ1) is 9.70. The number of hydrogen-bond acceptors (Lipinski definition) is 2. The van der Waals surface area contributed by atoms with E-state index in [-0.39, 0.29) is 11.7 Å². The summed E-state index contributed by atoms with van der Waals surface area (Å²) in [5, 5.41) is 10.9. The number of nitrogens with two attached hydrogens (primary N) is 1. The van der Waals surface area contributed by atoms with Crippen LogP contribution in [-0.2, 0) is 7.05 Å². The highest BCUT2D eigenvalue weighted by Gasteiger charge is 2.17. The van der Waals surface area contributed by atoms with Crippen LogP contribution in [0.15, 0.2) is 54.7 Å². The zero-order valence-corrected chi connectivity index (χ0v) is 11.5. The molecule has 0 saturated heterocycles. The molecule has 3 nitrogen and oxygen atoms in total. The van der Waals surface area contributed by atoms with E-state index >= 15 is 0 Å². The van der Waals surface area contributed by atoms with Gasteiger partial charge in [0.1, 0.15) is 5.75 Å². The molecule has 1 atom stereocenters. The molecule has 3 heteroatoms. The first-order valence-corrected chi connectivity index (χ1v) is 6.73. The Labute approximate surface area is 118 Å². The van der Waals surface area contributed by atoms with E-state index in [2.05, 4.69) is 22.9 Å². The summed E-state index contributed by atoms with van der Waals surface area (Å²) in [7, 11) is 2.04. The van der Waals surface area contributed by atoms with E-state index in [0.717, 1.165) is 5.56 Å². The number of benzene rings is 2. The summed E-state index contributed by atoms with van der Waals surface area (Å²) in [4.78, 5) is 0. The van der Waals surface area contributed by atoms with Gasteiger partial charge in [0.15, 0.2) is 0 Å². The highest BCUT2D eigenvalue weighted by molar-refractivity contribution is 5.85. The maximum atomic E-state index is 9.68. The molecule has 3 aromatic rings. The standard InChI is InChI=1S/C17H18N2O/c1-19-11-16(14-7-2-3-8-17(14)19)15(10-18)12-5-4-6-13(20)9-12/h2-9,11,15,20H,10,18H2,1H3. The molecule has 3 rings (SSSR count). The van der Waals surface area contributed by atoms with Gasteiger partial charge in [-0.15, -0.1) is 0 Å². The number of fused-ring (bicyclic) bond motifs is 1. The molecule has 1 aromatic heterocycles. The van der Waals surface area contributed by atoms with Gasteiger partial charge >= 0.3 is 0 Å². The van der Waals surface area contributed by atoms with Gasteiger partial charge in [0.05, 0.1) is 0 Å². The van der Waals surface area contributed by atoms with Crippen molar-refractivity contribution in [3.8, 4) is 5.75 Å². The maximum Gasteiger partial charge on any atom is 0.115 e. The Morgan fingerprint density at radius 1 is 1.15 bits per heavy atom. The number of aromatic nitrogens is 1. The minimum Gasteiger partial charge on any atom is -0.508 e. The lowest BCUT2D eigenvalue weighted by atomic mass is 9.91. The minimum atomic E-state index is 0.0909. The van der Waals surface area contributed by atoms with Gasteiger partial charge in [0.2, 0.25) is 0 Å². The predicted octanol–water partition coefficient (Wildman–Crippen LogP) is 2.97. The molecule has 20 heavy (non-hydrogen) atoms. The van der Waals surface area contributed by atoms with Crippen LogP contribution in [-0.4, -0.2) is 16.2 Å². The third-order valence-corrected chi connectivity index (χ3v) is 3.81. The van der Waals surface area contributed by atoms with Crippen LogP contribution in [0.1, 0.15) is 17.0 Å². The number of phenols is 1. The molecule has 0 spiro atoms. The van der Waals surface area contributed by atoms with Crippen molar-refractivity contribution in [1.82, 2.24) is 4.57 Å². The van der Waals surface area contributed by atoms with E-state index in [9.17, 15) is 5.11 Å². The van der Waals surface area contributed by atoms with E-state index < -0.39 is 0 Å². The number of aromatic hydroxyl groups is 1. The second-order valence-electron chi connectivity index (χ2n) is 5.10. The summed E-state index contributed by atoms with van der Waals surface area (Å²) in [6.45, 7) is 0.511. The summed E-state index contributed by atoms with van der Waals surface area (Å²) in [5.41, 5.74) is 9.44. The number of rotatable bonds is 3. The summed E-state index contributed by atoms with van der Waals surface area (Å²) >= 11 is 0. The molecule has 0 bridgehead atoms. The molecule has 2 aromatic carbocycles. The number of nitrogens with zero attached hydrogens (tertiary/aromatic N) is 1. The first-order valence-electron chi connectivity index (χ1n) is 6.73. The van der Waals surface area contributed by atoms with Crippen molar-refractivity contribution in [2.24, 2.45) is 12.8 Å². The Balaban J connectivity index is 2.17. The molecule has 0 saturated carbocycles. The molecule has 0 aliphatic heterocycles. The molecular weight excluding hydrogens is 248 g/mol. The summed E-state index contributed by atoms with van der Waals surface area (Å²) < 4.78 is 2.12. The average Bonchev–Trinajstić information content (AvgIpc) is 2.78. The van der Waals surface area contributed by atoms with Crippen molar-refractivity contribution in [2.45, 2.75) is 5.92 Å². The third kappa shape index (κ3) is 2.06. The zero-order valence-electron chi connectivity index (χ0n) is 11.5. The highest BCUT2D eigenvalue weighted by Crippen LogP contribution is 2.32. The van der Waals surface area contributed by atoms with Gasteiger partial charge in [0, 0.05) is 36.6 Å². The highest BCUT2D eigenvalue weighted by atomic mass is 16.3. The van der Waals surface area contributed by atoms with Crippen LogP contribution in [0.5, 0.6) is 5.75 Å². The number of para-hydroxylation sites is 1. The van der Waals surface area contributed by atoms with Gasteiger partial charge in [-0.2, -0.15) is 0 Å². The van der Waals surface area contributed by atoms with Crippen molar-refractivity contribution in [1.29, 1.82) is 0 Å². The molecule has 0 radical (unpaired) electrons. The molecule has 0 aliphatic rings. The monoisotopic (exact) mass is 266 g/mol. The van der Waals surface area contributed by atoms with Crippen LogP contribution < -0.4 is 5.73 Å².